The summed E-state index contributed by atoms with van der Waals surface area (Å²) in [4.78, 5) is 28.2. The summed E-state index contributed by atoms with van der Waals surface area (Å²) in [5.41, 5.74) is 7.67. The number of ether oxygens (including phenoxy) is 1. The van der Waals surface area contributed by atoms with Crippen molar-refractivity contribution in [1.82, 2.24) is 0 Å². The molecule has 2 aromatic carbocycles. The van der Waals surface area contributed by atoms with Gasteiger partial charge in [0.2, 0.25) is 0 Å². The second kappa shape index (κ2) is 13.8. The summed E-state index contributed by atoms with van der Waals surface area (Å²) >= 11 is 0. The van der Waals surface area contributed by atoms with Gasteiger partial charge in [-0.05, 0) is 32.9 Å². The van der Waals surface area contributed by atoms with Crippen LogP contribution in [-0.2, 0) is 14.3 Å². The van der Waals surface area contributed by atoms with Gasteiger partial charge in [-0.25, -0.2) is 4.79 Å². The van der Waals surface area contributed by atoms with E-state index in [0.29, 0.717) is 6.04 Å². The highest BCUT2D eigenvalue weighted by Gasteiger charge is 2.30. The third-order valence-electron chi connectivity index (χ3n) is 5.01. The van der Waals surface area contributed by atoms with Crippen molar-refractivity contribution in [2.45, 2.75) is 89.8 Å². The summed E-state index contributed by atoms with van der Waals surface area (Å²) in [6.07, 6.45) is 0. The largest absolute Gasteiger partial charge is 0.480 e. The summed E-state index contributed by atoms with van der Waals surface area (Å²) in [7, 11) is -2.82. The lowest BCUT2D eigenvalue weighted by atomic mass is 10.0. The molecule has 2 rings (SSSR count). The lowest BCUT2D eigenvalue weighted by Gasteiger charge is -2.26. The van der Waals surface area contributed by atoms with Crippen molar-refractivity contribution >= 4 is 33.8 Å². The Hall–Kier alpha value is -2.56. The normalized spacial score (nSPS) is 13.5. The molecule has 0 aliphatic heterocycles. The number of carbonyl (C=O) groups excluding carboxylic acids is 1. The van der Waals surface area contributed by atoms with Gasteiger partial charge in [0.05, 0.1) is 5.71 Å². The van der Waals surface area contributed by atoms with Gasteiger partial charge in [-0.1, -0.05) is 99.9 Å². The summed E-state index contributed by atoms with van der Waals surface area (Å²) < 4.78 is 5.69. The molecule has 3 N–H and O–H groups in total. The minimum Gasteiger partial charge on any atom is -0.480 e. The Balaban J connectivity index is 0.000000580. The van der Waals surface area contributed by atoms with Crippen molar-refractivity contribution in [3.05, 3.63) is 71.8 Å². The zero-order chi connectivity index (χ0) is 28.4. The predicted molar refractivity (Wildman–Crippen MR) is 160 cm³/mol. The highest BCUT2D eigenvalue weighted by Crippen LogP contribution is 2.21. The van der Waals surface area contributed by atoms with Gasteiger partial charge in [-0.2, -0.15) is 0 Å². The van der Waals surface area contributed by atoms with Crippen molar-refractivity contribution in [2.75, 3.05) is 0 Å². The lowest BCUT2D eigenvalue weighted by Crippen LogP contribution is -2.37. The minimum atomic E-state index is -1.54. The van der Waals surface area contributed by atoms with Crippen LogP contribution in [0.2, 0.25) is 51.4 Å². The van der Waals surface area contributed by atoms with E-state index in [2.05, 4.69) is 39.3 Å². The molecule has 2 atom stereocenters. The Bertz CT molecular complexity index is 980. The summed E-state index contributed by atoms with van der Waals surface area (Å²) in [5, 5.41) is 8.44. The van der Waals surface area contributed by atoms with Crippen molar-refractivity contribution in [1.29, 1.82) is 0 Å². The molecule has 0 fully saturated rings. The number of hydrogen-bond donors (Lipinski definition) is 2. The van der Waals surface area contributed by atoms with Crippen LogP contribution in [0, 0.1) is 0 Å². The Morgan fingerprint density at radius 1 is 0.838 bits per heavy atom. The number of hydrogen-bond acceptors (Lipinski definition) is 5. The average molecular weight is 543 g/mol. The average Bonchev–Trinajstić information content (AvgIpc) is 2.75. The third kappa shape index (κ3) is 14.1. The molecule has 8 heteroatoms. The number of aliphatic carboxylic acids is 1. The first kappa shape index (κ1) is 32.5. The number of aliphatic imine (C=N–C) groups is 1. The van der Waals surface area contributed by atoms with E-state index >= 15 is 0 Å². The van der Waals surface area contributed by atoms with E-state index in [-0.39, 0.29) is 5.97 Å². The molecule has 0 saturated heterocycles. The molecule has 6 nitrogen and oxygen atoms in total. The second-order valence-corrected chi connectivity index (χ2v) is 23.8. The number of esters is 1. The monoisotopic (exact) mass is 542 g/mol. The Morgan fingerprint density at radius 2 is 1.24 bits per heavy atom. The van der Waals surface area contributed by atoms with Crippen LogP contribution in [0.15, 0.2) is 65.7 Å². The minimum absolute atomic E-state index is 0.241. The van der Waals surface area contributed by atoms with Crippen molar-refractivity contribution < 1.29 is 19.4 Å². The third-order valence-corrected chi connectivity index (χ3v) is 8.29. The maximum atomic E-state index is 12.9. The van der Waals surface area contributed by atoms with Gasteiger partial charge in [0.25, 0.3) is 0 Å². The zero-order valence-corrected chi connectivity index (χ0v) is 26.0. The molecule has 0 unspecified atom stereocenters. The van der Waals surface area contributed by atoms with E-state index in [4.69, 9.17) is 20.6 Å². The number of carboxylic acids is 1. The van der Waals surface area contributed by atoms with Crippen LogP contribution < -0.4 is 5.73 Å². The van der Waals surface area contributed by atoms with Crippen LogP contribution in [0.1, 0.15) is 31.9 Å². The fraction of sp³-hybridized carbons (Fsp3) is 0.483. The number of rotatable bonds is 9. The summed E-state index contributed by atoms with van der Waals surface area (Å²) in [6.45, 7) is 18.8. The number of carbonyl (C=O) groups is 2. The molecule has 2 aromatic rings. The molecule has 204 valence electrons. The standard InChI is InChI=1S/C23H31NO2Si.C6H15NO2Si/c1-23(2,3)26-22(25)20(17-27(4,5)6)24-21(18-13-9-7-10-14-18)19-15-11-8-12-16-19;1-10(2,3)4-5(7)6(8)9/h7-16,20H,17H2,1-6H3;5H,4,7H2,1-3H3,(H,8,9)/t20-;5-/m00/s1. The first-order valence-electron chi connectivity index (χ1n) is 12.8. The van der Waals surface area contributed by atoms with Crippen molar-refractivity contribution in [3.63, 3.8) is 0 Å². The first-order chi connectivity index (χ1) is 16.9. The highest BCUT2D eigenvalue weighted by atomic mass is 28.3. The quantitative estimate of drug-likeness (QED) is 0.220. The van der Waals surface area contributed by atoms with Crippen LogP contribution in [-0.4, -0.2) is 56.6 Å². The second-order valence-electron chi connectivity index (χ2n) is 12.7. The fourth-order valence-corrected chi connectivity index (χ4v) is 6.45. The lowest BCUT2D eigenvalue weighted by molar-refractivity contribution is -0.155. The van der Waals surface area contributed by atoms with Crippen LogP contribution in [0.4, 0.5) is 0 Å². The zero-order valence-electron chi connectivity index (χ0n) is 24.0. The maximum Gasteiger partial charge on any atom is 0.331 e. The molecule has 0 amide bonds. The molecule has 0 aromatic heterocycles. The number of carboxylic acid groups (broad SMARTS) is 1. The van der Waals surface area contributed by atoms with E-state index in [1.54, 1.807) is 0 Å². The van der Waals surface area contributed by atoms with Crippen LogP contribution in [0.3, 0.4) is 0 Å². The Morgan fingerprint density at radius 3 is 1.54 bits per heavy atom. The van der Waals surface area contributed by atoms with Gasteiger partial charge < -0.3 is 15.6 Å². The fourth-order valence-electron chi connectivity index (χ4n) is 3.54. The van der Waals surface area contributed by atoms with E-state index < -0.39 is 39.8 Å². The van der Waals surface area contributed by atoms with E-state index in [1.165, 1.54) is 0 Å². The highest BCUT2D eigenvalue weighted by molar-refractivity contribution is 6.76. The molecule has 0 aliphatic rings. The molecule has 0 radical (unpaired) electrons. The van der Waals surface area contributed by atoms with Gasteiger partial charge in [-0.3, -0.25) is 9.79 Å². The SMILES string of the molecule is CC(C)(C)OC(=O)[C@H](C[Si](C)(C)C)N=C(c1ccccc1)c1ccccc1.C[Si](C)(C)C[C@H](N)C(=O)O. The van der Waals surface area contributed by atoms with Crippen molar-refractivity contribution in [3.8, 4) is 0 Å². The predicted octanol–water partition coefficient (Wildman–Crippen LogP) is 6.31. The smallest absolute Gasteiger partial charge is 0.331 e. The van der Waals surface area contributed by atoms with E-state index in [9.17, 15) is 9.59 Å². The van der Waals surface area contributed by atoms with Crippen LogP contribution in [0.25, 0.3) is 0 Å². The van der Waals surface area contributed by atoms with Gasteiger partial charge in [0.1, 0.15) is 17.7 Å². The molecule has 0 spiro atoms. The van der Waals surface area contributed by atoms with Crippen molar-refractivity contribution in [2.24, 2.45) is 10.7 Å². The molecule has 0 heterocycles. The summed E-state index contributed by atoms with van der Waals surface area (Å²) in [6, 6.07) is 20.3. The van der Waals surface area contributed by atoms with Gasteiger partial charge in [0, 0.05) is 27.3 Å². The molecule has 0 aliphatic carbocycles. The topological polar surface area (TPSA) is 102 Å². The van der Waals surface area contributed by atoms with E-state index in [0.717, 1.165) is 22.9 Å². The Kier molecular flexibility index (Phi) is 12.1. The van der Waals surface area contributed by atoms with Gasteiger partial charge in [0.15, 0.2) is 0 Å². The Labute approximate surface area is 225 Å². The number of benzene rings is 2. The molecule has 0 saturated carbocycles. The summed E-state index contributed by atoms with van der Waals surface area (Å²) in [5.74, 6) is -1.13. The molecular weight excluding hydrogens is 497 g/mol. The van der Waals surface area contributed by atoms with Gasteiger partial charge >= 0.3 is 11.9 Å². The number of nitrogens with two attached hydrogens (primary N) is 1. The van der Waals surface area contributed by atoms with E-state index in [1.807, 2.05) is 81.4 Å². The number of nitrogens with zero attached hydrogens (tertiary/aromatic N) is 1. The first-order valence-corrected chi connectivity index (χ1v) is 20.2. The molecule has 0 bridgehead atoms. The molecule has 37 heavy (non-hydrogen) atoms. The van der Waals surface area contributed by atoms with Gasteiger partial charge in [-0.15, -0.1) is 0 Å². The maximum absolute atomic E-state index is 12.9. The van der Waals surface area contributed by atoms with Crippen LogP contribution >= 0.6 is 0 Å². The molecular formula is C29H46N2O4Si2. The van der Waals surface area contributed by atoms with Crippen LogP contribution in [0.5, 0.6) is 0 Å².